The normalized spacial score (nSPS) is 14.1. The van der Waals surface area contributed by atoms with Crippen molar-refractivity contribution in [3.63, 3.8) is 0 Å². The van der Waals surface area contributed by atoms with E-state index < -0.39 is 17.2 Å². The highest BCUT2D eigenvalue weighted by Crippen LogP contribution is 2.30. The highest BCUT2D eigenvalue weighted by Gasteiger charge is 2.26. The maximum absolute atomic E-state index is 13.2. The van der Waals surface area contributed by atoms with Crippen LogP contribution in [0.5, 0.6) is 0 Å². The summed E-state index contributed by atoms with van der Waals surface area (Å²) in [6.07, 6.45) is 0.117. The van der Waals surface area contributed by atoms with Gasteiger partial charge in [-0.2, -0.15) is 0 Å². The molecule has 1 nitrogen and oxygen atoms in total. The number of hydrogen-bond acceptors (Lipinski definition) is 1. The highest BCUT2D eigenvalue weighted by atomic mass is 35.5. The van der Waals surface area contributed by atoms with E-state index in [9.17, 15) is 13.9 Å². The van der Waals surface area contributed by atoms with Gasteiger partial charge in [0.25, 0.3) is 0 Å². The first-order chi connectivity index (χ1) is 9.28. The first-order valence-corrected chi connectivity index (χ1v) is 6.66. The van der Waals surface area contributed by atoms with E-state index in [-0.39, 0.29) is 12.0 Å². The maximum atomic E-state index is 13.2. The van der Waals surface area contributed by atoms with Gasteiger partial charge in [0, 0.05) is 22.5 Å². The molecule has 0 aliphatic carbocycles. The standard InChI is InChI=1S/C15H12Cl2F2O/c1-15(20,10-4-12(18)7-13(19)5-10)8-9-2-3-11(16)6-14(9)17/h2-7,20H,8H2,1H3. The zero-order valence-corrected chi connectivity index (χ0v) is 12.1. The Balaban J connectivity index is 2.34. The van der Waals surface area contributed by atoms with E-state index in [1.54, 1.807) is 18.2 Å². The van der Waals surface area contributed by atoms with Crippen LogP contribution in [0.2, 0.25) is 10.0 Å². The second-order valence-electron chi connectivity index (χ2n) is 4.84. The van der Waals surface area contributed by atoms with Gasteiger partial charge in [-0.1, -0.05) is 29.3 Å². The average molecular weight is 317 g/mol. The Hall–Kier alpha value is -1.16. The molecule has 20 heavy (non-hydrogen) atoms. The van der Waals surface area contributed by atoms with E-state index in [4.69, 9.17) is 23.2 Å². The first-order valence-electron chi connectivity index (χ1n) is 5.91. The van der Waals surface area contributed by atoms with Gasteiger partial charge in [-0.25, -0.2) is 8.78 Å². The highest BCUT2D eigenvalue weighted by molar-refractivity contribution is 6.35. The van der Waals surface area contributed by atoms with E-state index in [2.05, 4.69) is 0 Å². The van der Waals surface area contributed by atoms with Crippen molar-refractivity contribution in [2.45, 2.75) is 18.9 Å². The molecule has 0 radical (unpaired) electrons. The fraction of sp³-hybridized carbons (Fsp3) is 0.200. The molecule has 0 heterocycles. The van der Waals surface area contributed by atoms with Gasteiger partial charge in [0.1, 0.15) is 11.6 Å². The molecule has 0 fully saturated rings. The smallest absolute Gasteiger partial charge is 0.126 e. The zero-order chi connectivity index (χ0) is 14.9. The van der Waals surface area contributed by atoms with Crippen LogP contribution >= 0.6 is 23.2 Å². The van der Waals surface area contributed by atoms with Crippen molar-refractivity contribution in [2.75, 3.05) is 0 Å². The van der Waals surface area contributed by atoms with Gasteiger partial charge < -0.3 is 5.11 Å². The van der Waals surface area contributed by atoms with Crippen LogP contribution in [0.15, 0.2) is 36.4 Å². The molecule has 2 rings (SSSR count). The van der Waals surface area contributed by atoms with Crippen LogP contribution in [0.25, 0.3) is 0 Å². The van der Waals surface area contributed by atoms with Gasteiger partial charge in [0.05, 0.1) is 5.60 Å². The summed E-state index contributed by atoms with van der Waals surface area (Å²) >= 11 is 11.8. The van der Waals surface area contributed by atoms with Crippen molar-refractivity contribution in [2.24, 2.45) is 0 Å². The molecule has 0 aliphatic heterocycles. The lowest BCUT2D eigenvalue weighted by Crippen LogP contribution is -2.25. The van der Waals surface area contributed by atoms with E-state index in [0.29, 0.717) is 15.6 Å². The van der Waals surface area contributed by atoms with Gasteiger partial charge in [-0.3, -0.25) is 0 Å². The molecule has 0 saturated carbocycles. The molecule has 0 saturated heterocycles. The van der Waals surface area contributed by atoms with E-state index in [1.807, 2.05) is 0 Å². The second kappa shape index (κ2) is 5.68. The minimum atomic E-state index is -1.44. The van der Waals surface area contributed by atoms with E-state index in [1.165, 1.54) is 6.92 Å². The van der Waals surface area contributed by atoms with Crippen LogP contribution in [0.1, 0.15) is 18.1 Å². The molecule has 2 aromatic carbocycles. The quantitative estimate of drug-likeness (QED) is 0.868. The minimum absolute atomic E-state index is 0.117. The lowest BCUT2D eigenvalue weighted by molar-refractivity contribution is 0.0569. The molecule has 1 atom stereocenters. The molecule has 0 spiro atoms. The average Bonchev–Trinajstić information content (AvgIpc) is 2.31. The molecule has 0 bridgehead atoms. The van der Waals surface area contributed by atoms with Gasteiger partial charge in [-0.05, 0) is 42.3 Å². The Morgan fingerprint density at radius 2 is 1.65 bits per heavy atom. The van der Waals surface area contributed by atoms with Crippen LogP contribution in [-0.4, -0.2) is 5.11 Å². The molecule has 106 valence electrons. The van der Waals surface area contributed by atoms with E-state index in [0.717, 1.165) is 18.2 Å². The Kier molecular flexibility index (Phi) is 4.33. The number of rotatable bonds is 3. The van der Waals surface area contributed by atoms with Crippen molar-refractivity contribution in [1.82, 2.24) is 0 Å². The van der Waals surface area contributed by atoms with Crippen LogP contribution in [-0.2, 0) is 12.0 Å². The van der Waals surface area contributed by atoms with Crippen LogP contribution in [0.4, 0.5) is 8.78 Å². The molecule has 2 aromatic rings. The Labute approximate surface area is 125 Å². The van der Waals surface area contributed by atoms with Crippen LogP contribution < -0.4 is 0 Å². The summed E-state index contributed by atoms with van der Waals surface area (Å²) in [6, 6.07) is 7.84. The van der Waals surface area contributed by atoms with Gasteiger partial charge in [0.15, 0.2) is 0 Å². The number of aliphatic hydroxyl groups is 1. The minimum Gasteiger partial charge on any atom is -0.385 e. The fourth-order valence-corrected chi connectivity index (χ4v) is 2.48. The Bertz CT molecular complexity index is 622. The van der Waals surface area contributed by atoms with Crippen molar-refractivity contribution in [3.8, 4) is 0 Å². The summed E-state index contributed by atoms with van der Waals surface area (Å²) in [4.78, 5) is 0. The molecule has 0 aromatic heterocycles. The monoisotopic (exact) mass is 316 g/mol. The third kappa shape index (κ3) is 3.48. The number of hydrogen-bond donors (Lipinski definition) is 1. The van der Waals surface area contributed by atoms with Gasteiger partial charge in [0.2, 0.25) is 0 Å². The van der Waals surface area contributed by atoms with Crippen molar-refractivity contribution in [3.05, 3.63) is 69.2 Å². The van der Waals surface area contributed by atoms with Crippen LogP contribution in [0.3, 0.4) is 0 Å². The van der Waals surface area contributed by atoms with Crippen molar-refractivity contribution in [1.29, 1.82) is 0 Å². The predicted molar refractivity (Wildman–Crippen MR) is 76.1 cm³/mol. The van der Waals surface area contributed by atoms with E-state index >= 15 is 0 Å². The molecule has 0 aliphatic rings. The molecule has 5 heteroatoms. The number of benzene rings is 2. The third-order valence-electron chi connectivity index (χ3n) is 3.03. The van der Waals surface area contributed by atoms with Gasteiger partial charge in [-0.15, -0.1) is 0 Å². The summed E-state index contributed by atoms with van der Waals surface area (Å²) in [5.41, 5.74) is -0.646. The maximum Gasteiger partial charge on any atom is 0.126 e. The molecular formula is C15H12Cl2F2O. The topological polar surface area (TPSA) is 20.2 Å². The Morgan fingerprint density at radius 3 is 2.20 bits per heavy atom. The summed E-state index contributed by atoms with van der Waals surface area (Å²) < 4.78 is 26.5. The predicted octanol–water partition coefficient (Wildman–Crippen LogP) is 4.72. The number of halogens is 4. The third-order valence-corrected chi connectivity index (χ3v) is 3.62. The van der Waals surface area contributed by atoms with Gasteiger partial charge >= 0.3 is 0 Å². The summed E-state index contributed by atoms with van der Waals surface area (Å²) in [6.45, 7) is 1.48. The van der Waals surface area contributed by atoms with Crippen molar-refractivity contribution < 1.29 is 13.9 Å². The SMILES string of the molecule is CC(O)(Cc1ccc(Cl)cc1Cl)c1cc(F)cc(F)c1. The van der Waals surface area contributed by atoms with Crippen LogP contribution in [0, 0.1) is 11.6 Å². The second-order valence-corrected chi connectivity index (χ2v) is 5.69. The molecule has 1 unspecified atom stereocenters. The summed E-state index contributed by atoms with van der Waals surface area (Å²) in [7, 11) is 0. The molecule has 0 amide bonds. The first kappa shape index (κ1) is 15.2. The molecule has 1 N–H and O–H groups in total. The fourth-order valence-electron chi connectivity index (χ4n) is 2.00. The largest absolute Gasteiger partial charge is 0.385 e. The molecular weight excluding hydrogens is 305 g/mol. The zero-order valence-electron chi connectivity index (χ0n) is 10.6. The summed E-state index contributed by atoms with van der Waals surface area (Å²) in [5.74, 6) is -1.47. The van der Waals surface area contributed by atoms with Crippen molar-refractivity contribution >= 4 is 23.2 Å². The Morgan fingerprint density at radius 1 is 1.05 bits per heavy atom. The lowest BCUT2D eigenvalue weighted by Gasteiger charge is -2.24. The lowest BCUT2D eigenvalue weighted by atomic mass is 9.89. The summed E-state index contributed by atoms with van der Waals surface area (Å²) in [5, 5.41) is 11.3.